The van der Waals surface area contributed by atoms with Crippen LogP contribution in [0, 0.1) is 27.7 Å². The molecule has 1 nitrogen and oxygen atoms in total. The van der Waals surface area contributed by atoms with E-state index in [1.165, 1.54) is 33.4 Å². The molecule has 0 amide bonds. The zero-order valence-corrected chi connectivity index (χ0v) is 15.4. The van der Waals surface area contributed by atoms with Crippen molar-refractivity contribution >= 4 is 0 Å². The maximum absolute atomic E-state index is 6.06. The first-order valence-corrected chi connectivity index (χ1v) is 8.61. The third kappa shape index (κ3) is 4.23. The van der Waals surface area contributed by atoms with E-state index in [2.05, 4.69) is 77.9 Å². The number of hydrogen-bond donors (Lipinski definition) is 0. The molecule has 0 aromatic heterocycles. The zero-order valence-electron chi connectivity index (χ0n) is 15.4. The lowest BCUT2D eigenvalue weighted by molar-refractivity contribution is 0.113. The Kier molecular flexibility index (Phi) is 6.01. The monoisotopic (exact) mass is 310 g/mol. The van der Waals surface area contributed by atoms with Crippen LogP contribution in [-0.4, -0.2) is 13.2 Å². The first-order valence-electron chi connectivity index (χ1n) is 8.61. The maximum atomic E-state index is 6.06. The lowest BCUT2D eigenvalue weighted by atomic mass is 9.93. The first kappa shape index (κ1) is 17.7. The van der Waals surface area contributed by atoms with Gasteiger partial charge in [0.25, 0.3) is 0 Å². The van der Waals surface area contributed by atoms with Gasteiger partial charge in [0.05, 0.1) is 13.2 Å². The van der Waals surface area contributed by atoms with Gasteiger partial charge in [0.15, 0.2) is 0 Å². The fraction of sp³-hybridized carbons (Fsp3) is 0.455. The molecule has 0 saturated heterocycles. The number of rotatable bonds is 6. The molecule has 0 N–H and O–H groups in total. The van der Waals surface area contributed by atoms with Crippen LogP contribution in [0.4, 0.5) is 0 Å². The van der Waals surface area contributed by atoms with Crippen molar-refractivity contribution in [2.24, 2.45) is 0 Å². The highest BCUT2D eigenvalue weighted by Crippen LogP contribution is 2.25. The summed E-state index contributed by atoms with van der Waals surface area (Å²) in [6.45, 7) is 14.8. The van der Waals surface area contributed by atoms with Crippen LogP contribution in [0.5, 0.6) is 0 Å². The van der Waals surface area contributed by atoms with Crippen molar-refractivity contribution < 1.29 is 4.74 Å². The molecule has 1 heteroatoms. The van der Waals surface area contributed by atoms with E-state index in [-0.39, 0.29) is 0 Å². The van der Waals surface area contributed by atoms with Crippen LogP contribution in [0.15, 0.2) is 36.4 Å². The van der Waals surface area contributed by atoms with Gasteiger partial charge in [-0.3, -0.25) is 0 Å². The number of aryl methyl sites for hydroxylation is 2. The molecule has 2 aromatic carbocycles. The average Bonchev–Trinajstić information content (AvgIpc) is 2.52. The molecule has 124 valence electrons. The van der Waals surface area contributed by atoms with Crippen LogP contribution >= 0.6 is 0 Å². The molecule has 0 saturated carbocycles. The van der Waals surface area contributed by atoms with Gasteiger partial charge in [-0.15, -0.1) is 0 Å². The molecule has 0 aliphatic rings. The highest BCUT2D eigenvalue weighted by atomic mass is 16.5. The second-order valence-corrected chi connectivity index (χ2v) is 6.92. The normalized spacial score (nSPS) is 13.8. The number of ether oxygens (including phenoxy) is 1. The van der Waals surface area contributed by atoms with Crippen LogP contribution in [0.2, 0.25) is 0 Å². The number of hydrogen-bond acceptors (Lipinski definition) is 1. The lowest BCUT2D eigenvalue weighted by Crippen LogP contribution is -2.12. The van der Waals surface area contributed by atoms with Crippen molar-refractivity contribution in [3.8, 4) is 0 Å². The van der Waals surface area contributed by atoms with Crippen molar-refractivity contribution in [3.05, 3.63) is 69.8 Å². The molecule has 2 atom stereocenters. The van der Waals surface area contributed by atoms with Crippen LogP contribution in [0.1, 0.15) is 59.1 Å². The van der Waals surface area contributed by atoms with E-state index in [9.17, 15) is 0 Å². The summed E-state index contributed by atoms with van der Waals surface area (Å²) in [5, 5.41) is 0. The van der Waals surface area contributed by atoms with E-state index in [0.717, 1.165) is 13.2 Å². The van der Waals surface area contributed by atoms with E-state index < -0.39 is 0 Å². The zero-order chi connectivity index (χ0) is 17.0. The fourth-order valence-corrected chi connectivity index (χ4v) is 3.22. The van der Waals surface area contributed by atoms with E-state index in [0.29, 0.717) is 11.8 Å². The van der Waals surface area contributed by atoms with Crippen LogP contribution in [0.3, 0.4) is 0 Å². The highest BCUT2D eigenvalue weighted by Gasteiger charge is 2.13. The van der Waals surface area contributed by atoms with Crippen LogP contribution < -0.4 is 0 Å². The van der Waals surface area contributed by atoms with Crippen molar-refractivity contribution in [2.75, 3.05) is 13.2 Å². The van der Waals surface area contributed by atoms with Crippen LogP contribution in [0.25, 0.3) is 0 Å². The molecule has 0 aliphatic heterocycles. The lowest BCUT2D eigenvalue weighted by Gasteiger charge is -2.20. The summed E-state index contributed by atoms with van der Waals surface area (Å²) in [4.78, 5) is 0. The standard InChI is InChI=1S/C22H30O/c1-15-9-7-11-21(19(15)5)17(3)13-23-14-18(4)22-12-8-10-16(2)20(22)6/h7-12,17-18H,13-14H2,1-6H3. The molecule has 0 radical (unpaired) electrons. The Hall–Kier alpha value is -1.60. The number of benzene rings is 2. The summed E-state index contributed by atoms with van der Waals surface area (Å²) in [6.07, 6.45) is 0. The van der Waals surface area contributed by atoms with Gasteiger partial charge >= 0.3 is 0 Å². The second-order valence-electron chi connectivity index (χ2n) is 6.92. The smallest absolute Gasteiger partial charge is 0.0532 e. The molecular weight excluding hydrogens is 280 g/mol. The highest BCUT2D eigenvalue weighted by molar-refractivity contribution is 5.36. The molecule has 0 bridgehead atoms. The van der Waals surface area contributed by atoms with E-state index in [1.54, 1.807) is 0 Å². The van der Waals surface area contributed by atoms with E-state index in [1.807, 2.05) is 0 Å². The van der Waals surface area contributed by atoms with Gasteiger partial charge in [-0.25, -0.2) is 0 Å². The van der Waals surface area contributed by atoms with Crippen molar-refractivity contribution in [2.45, 2.75) is 53.4 Å². The van der Waals surface area contributed by atoms with Gasteiger partial charge in [0, 0.05) is 11.8 Å². The predicted octanol–water partition coefficient (Wildman–Crippen LogP) is 5.84. The van der Waals surface area contributed by atoms with Gasteiger partial charge < -0.3 is 4.74 Å². The van der Waals surface area contributed by atoms with Crippen molar-refractivity contribution in [1.29, 1.82) is 0 Å². The Morgan fingerprint density at radius 3 is 1.48 bits per heavy atom. The van der Waals surface area contributed by atoms with Gasteiger partial charge in [-0.1, -0.05) is 50.2 Å². The Morgan fingerprint density at radius 1 is 0.696 bits per heavy atom. The molecule has 0 spiro atoms. The molecule has 23 heavy (non-hydrogen) atoms. The minimum atomic E-state index is 0.431. The molecule has 0 aliphatic carbocycles. The van der Waals surface area contributed by atoms with Crippen molar-refractivity contribution in [3.63, 3.8) is 0 Å². The third-order valence-electron chi connectivity index (χ3n) is 5.09. The summed E-state index contributed by atoms with van der Waals surface area (Å²) in [6, 6.07) is 13.1. The summed E-state index contributed by atoms with van der Waals surface area (Å²) in [5.41, 5.74) is 8.32. The Morgan fingerprint density at radius 2 is 1.09 bits per heavy atom. The first-order chi connectivity index (χ1) is 10.9. The summed E-state index contributed by atoms with van der Waals surface area (Å²) < 4.78 is 6.06. The van der Waals surface area contributed by atoms with Gasteiger partial charge in [-0.2, -0.15) is 0 Å². The SMILES string of the molecule is Cc1cccc(C(C)COCC(C)c2cccc(C)c2C)c1C. The minimum Gasteiger partial charge on any atom is -0.380 e. The fourth-order valence-electron chi connectivity index (χ4n) is 3.22. The molecule has 2 rings (SSSR count). The van der Waals surface area contributed by atoms with E-state index >= 15 is 0 Å². The summed E-state index contributed by atoms with van der Waals surface area (Å²) >= 11 is 0. The molecule has 2 unspecified atom stereocenters. The van der Waals surface area contributed by atoms with E-state index in [4.69, 9.17) is 4.74 Å². The van der Waals surface area contributed by atoms with Gasteiger partial charge in [0.2, 0.25) is 0 Å². The summed E-state index contributed by atoms with van der Waals surface area (Å²) in [5.74, 6) is 0.862. The molecule has 0 heterocycles. The molecule has 2 aromatic rings. The molecular formula is C22H30O. The average molecular weight is 310 g/mol. The minimum absolute atomic E-state index is 0.431. The Bertz CT molecular complexity index is 600. The Labute approximate surface area is 141 Å². The third-order valence-corrected chi connectivity index (χ3v) is 5.09. The predicted molar refractivity (Wildman–Crippen MR) is 99.5 cm³/mol. The molecule has 0 fully saturated rings. The Balaban J connectivity index is 1.94. The van der Waals surface area contributed by atoms with Crippen molar-refractivity contribution in [1.82, 2.24) is 0 Å². The quantitative estimate of drug-likeness (QED) is 0.651. The largest absolute Gasteiger partial charge is 0.380 e. The topological polar surface area (TPSA) is 9.23 Å². The van der Waals surface area contributed by atoms with Crippen LogP contribution in [-0.2, 0) is 4.74 Å². The van der Waals surface area contributed by atoms with Gasteiger partial charge in [-0.05, 0) is 61.1 Å². The maximum Gasteiger partial charge on any atom is 0.0532 e. The second kappa shape index (κ2) is 7.79. The van der Waals surface area contributed by atoms with Gasteiger partial charge in [0.1, 0.15) is 0 Å². The summed E-state index contributed by atoms with van der Waals surface area (Å²) in [7, 11) is 0.